The van der Waals surface area contributed by atoms with Crippen LogP contribution in [0, 0.1) is 11.3 Å². The number of nitrogens with one attached hydrogen (secondary N) is 1. The molecular formula is C22H26ClN3O6. The average Bonchev–Trinajstić information content (AvgIpc) is 2.67. The van der Waals surface area contributed by atoms with Gasteiger partial charge in [0.1, 0.15) is 28.8 Å². The molecular weight excluding hydrogens is 438 g/mol. The van der Waals surface area contributed by atoms with Gasteiger partial charge in [-0.25, -0.2) is 9.59 Å². The zero-order chi connectivity index (χ0) is 24.2. The number of hydrogen-bond donors (Lipinski definition) is 2. The highest BCUT2D eigenvalue weighted by Gasteiger charge is 2.38. The molecule has 0 bridgehead atoms. The van der Waals surface area contributed by atoms with Crippen molar-refractivity contribution in [1.29, 1.82) is 5.26 Å². The number of methoxy groups -OCH3 is 1. The van der Waals surface area contributed by atoms with E-state index >= 15 is 0 Å². The Morgan fingerprint density at radius 2 is 2.00 bits per heavy atom. The molecule has 0 saturated heterocycles. The number of nitrogens with zero attached hydrogens (tertiary/aromatic N) is 1. The largest absolute Gasteiger partial charge is 0.495 e. The van der Waals surface area contributed by atoms with E-state index < -0.39 is 23.6 Å². The smallest absolute Gasteiger partial charge is 0.412 e. The fourth-order valence-corrected chi connectivity index (χ4v) is 3.40. The molecule has 0 radical (unpaired) electrons. The minimum absolute atomic E-state index is 0.0351. The first-order chi connectivity index (χ1) is 14.9. The lowest BCUT2D eigenvalue weighted by Gasteiger charge is -2.29. The molecule has 9 nitrogen and oxygen atoms in total. The van der Waals surface area contributed by atoms with E-state index in [-0.39, 0.29) is 45.9 Å². The SMILES string of the molecule is CCOC(=O)C1=C(C)OC(N)=C(C#N)C1c1cc(Cl)c(OC)cc1NC(=O)OC(C)(C)C. The van der Waals surface area contributed by atoms with Gasteiger partial charge in [0.15, 0.2) is 0 Å². The van der Waals surface area contributed by atoms with Crippen LogP contribution < -0.4 is 15.8 Å². The van der Waals surface area contributed by atoms with Gasteiger partial charge in [-0.3, -0.25) is 5.32 Å². The number of carbonyl (C=O) groups excluding carboxylic acids is 2. The third-order valence-electron chi connectivity index (χ3n) is 4.37. The Morgan fingerprint density at radius 1 is 1.34 bits per heavy atom. The van der Waals surface area contributed by atoms with E-state index in [0.29, 0.717) is 5.56 Å². The van der Waals surface area contributed by atoms with Gasteiger partial charge in [0, 0.05) is 6.07 Å². The summed E-state index contributed by atoms with van der Waals surface area (Å²) in [5.41, 5.74) is 5.74. The molecule has 1 aromatic rings. The molecule has 0 fully saturated rings. The van der Waals surface area contributed by atoms with Crippen molar-refractivity contribution in [3.05, 3.63) is 45.5 Å². The van der Waals surface area contributed by atoms with Crippen LogP contribution in [0.1, 0.15) is 46.1 Å². The minimum Gasteiger partial charge on any atom is -0.495 e. The van der Waals surface area contributed by atoms with Gasteiger partial charge in [0.2, 0.25) is 5.88 Å². The quantitative estimate of drug-likeness (QED) is 0.616. The highest BCUT2D eigenvalue weighted by atomic mass is 35.5. The first kappa shape index (κ1) is 24.9. The Kier molecular flexibility index (Phi) is 7.65. The molecule has 1 amide bonds. The molecule has 0 saturated carbocycles. The normalized spacial score (nSPS) is 16.1. The summed E-state index contributed by atoms with van der Waals surface area (Å²) in [6.07, 6.45) is -0.746. The maximum Gasteiger partial charge on any atom is 0.412 e. The predicted molar refractivity (Wildman–Crippen MR) is 118 cm³/mol. The van der Waals surface area contributed by atoms with E-state index in [9.17, 15) is 14.9 Å². The highest BCUT2D eigenvalue weighted by Crippen LogP contribution is 2.45. The van der Waals surface area contributed by atoms with E-state index in [2.05, 4.69) is 5.32 Å². The lowest BCUT2D eigenvalue weighted by Crippen LogP contribution is -2.29. The summed E-state index contributed by atoms with van der Waals surface area (Å²) < 4.78 is 21.2. The van der Waals surface area contributed by atoms with Crippen LogP contribution in [0.2, 0.25) is 5.02 Å². The van der Waals surface area contributed by atoms with Crippen molar-refractivity contribution < 1.29 is 28.5 Å². The Labute approximate surface area is 191 Å². The van der Waals surface area contributed by atoms with Gasteiger partial charge < -0.3 is 24.7 Å². The molecule has 1 atom stereocenters. The Bertz CT molecular complexity index is 1030. The number of allylic oxidation sites excluding steroid dienone is 2. The topological polar surface area (TPSA) is 133 Å². The lowest BCUT2D eigenvalue weighted by molar-refractivity contribution is -0.139. The van der Waals surface area contributed by atoms with Crippen LogP contribution in [-0.4, -0.2) is 31.4 Å². The molecule has 1 aliphatic heterocycles. The van der Waals surface area contributed by atoms with Gasteiger partial charge in [-0.15, -0.1) is 0 Å². The van der Waals surface area contributed by atoms with Crippen molar-refractivity contribution in [3.63, 3.8) is 0 Å². The van der Waals surface area contributed by atoms with Crippen molar-refractivity contribution in [2.45, 2.75) is 46.1 Å². The summed E-state index contributed by atoms with van der Waals surface area (Å²) in [7, 11) is 1.42. The summed E-state index contributed by atoms with van der Waals surface area (Å²) >= 11 is 6.35. The molecule has 3 N–H and O–H groups in total. The van der Waals surface area contributed by atoms with Gasteiger partial charge in [-0.1, -0.05) is 11.6 Å². The molecule has 0 spiro atoms. The first-order valence-electron chi connectivity index (χ1n) is 9.76. The zero-order valence-corrected chi connectivity index (χ0v) is 19.5. The second kappa shape index (κ2) is 9.83. The summed E-state index contributed by atoms with van der Waals surface area (Å²) in [5.74, 6) is -1.44. The van der Waals surface area contributed by atoms with E-state index in [0.717, 1.165) is 0 Å². The average molecular weight is 464 g/mol. The van der Waals surface area contributed by atoms with Crippen LogP contribution in [0.3, 0.4) is 0 Å². The Hall–Kier alpha value is -3.38. The van der Waals surface area contributed by atoms with E-state index in [1.807, 2.05) is 6.07 Å². The minimum atomic E-state index is -1.01. The van der Waals surface area contributed by atoms with E-state index in [1.165, 1.54) is 26.2 Å². The maximum atomic E-state index is 12.8. The number of ether oxygens (including phenoxy) is 4. The predicted octanol–water partition coefficient (Wildman–Crippen LogP) is 4.34. The lowest BCUT2D eigenvalue weighted by atomic mass is 9.82. The third-order valence-corrected chi connectivity index (χ3v) is 4.67. The molecule has 10 heteroatoms. The van der Waals surface area contributed by atoms with Crippen LogP contribution >= 0.6 is 11.6 Å². The number of halogens is 1. The van der Waals surface area contributed by atoms with Gasteiger partial charge in [0.25, 0.3) is 0 Å². The first-order valence-corrected chi connectivity index (χ1v) is 10.1. The molecule has 2 rings (SSSR count). The molecule has 32 heavy (non-hydrogen) atoms. The van der Waals surface area contributed by atoms with Crippen LogP contribution in [0.25, 0.3) is 0 Å². The molecule has 0 aromatic heterocycles. The van der Waals surface area contributed by atoms with Crippen molar-refractivity contribution in [2.75, 3.05) is 19.0 Å². The van der Waals surface area contributed by atoms with E-state index in [4.69, 9.17) is 36.3 Å². The number of amides is 1. The second-order valence-corrected chi connectivity index (χ2v) is 8.22. The number of nitrogens with two attached hydrogens (primary N) is 1. The number of rotatable bonds is 5. The van der Waals surface area contributed by atoms with Crippen LogP contribution in [0.15, 0.2) is 34.9 Å². The molecule has 1 unspecified atom stereocenters. The summed E-state index contributed by atoms with van der Waals surface area (Å²) in [5, 5.41) is 12.6. The van der Waals surface area contributed by atoms with Crippen LogP contribution in [-0.2, 0) is 19.0 Å². The van der Waals surface area contributed by atoms with Gasteiger partial charge in [0.05, 0.1) is 35.9 Å². The molecule has 1 aliphatic rings. The van der Waals surface area contributed by atoms with Gasteiger partial charge in [-0.2, -0.15) is 5.26 Å². The van der Waals surface area contributed by atoms with Crippen molar-refractivity contribution in [2.24, 2.45) is 5.73 Å². The number of anilines is 1. The second-order valence-electron chi connectivity index (χ2n) is 7.82. The van der Waals surface area contributed by atoms with Crippen molar-refractivity contribution >= 4 is 29.4 Å². The van der Waals surface area contributed by atoms with Gasteiger partial charge in [-0.05, 0) is 46.2 Å². The maximum absolute atomic E-state index is 12.8. The Morgan fingerprint density at radius 3 is 2.53 bits per heavy atom. The Balaban J connectivity index is 2.73. The summed E-state index contributed by atoms with van der Waals surface area (Å²) in [6, 6.07) is 4.94. The van der Waals surface area contributed by atoms with Gasteiger partial charge >= 0.3 is 12.1 Å². The summed E-state index contributed by atoms with van der Waals surface area (Å²) in [4.78, 5) is 25.3. The number of esters is 1. The van der Waals surface area contributed by atoms with E-state index in [1.54, 1.807) is 27.7 Å². The number of benzene rings is 1. The summed E-state index contributed by atoms with van der Waals surface area (Å²) in [6.45, 7) is 8.45. The standard InChI is InChI=1S/C22H26ClN3O6/c1-7-30-20(27)17-11(2)31-19(25)13(10-24)18(17)12-8-14(23)16(29-6)9-15(12)26-21(28)32-22(3,4)5/h8-9,18H,7,25H2,1-6H3,(H,26,28). The zero-order valence-electron chi connectivity index (χ0n) is 18.8. The van der Waals surface area contributed by atoms with Crippen molar-refractivity contribution in [3.8, 4) is 11.8 Å². The number of hydrogen-bond acceptors (Lipinski definition) is 8. The highest BCUT2D eigenvalue weighted by molar-refractivity contribution is 6.32. The van der Waals surface area contributed by atoms with Crippen molar-refractivity contribution in [1.82, 2.24) is 0 Å². The molecule has 0 aliphatic carbocycles. The monoisotopic (exact) mass is 463 g/mol. The molecule has 1 aromatic carbocycles. The fourth-order valence-electron chi connectivity index (χ4n) is 3.15. The number of carbonyl (C=O) groups is 2. The fraction of sp³-hybridized carbons (Fsp3) is 0.409. The van der Waals surface area contributed by atoms with Crippen LogP contribution in [0.5, 0.6) is 5.75 Å². The third kappa shape index (κ3) is 5.45. The van der Waals surface area contributed by atoms with Crippen LogP contribution in [0.4, 0.5) is 10.5 Å². The number of nitriles is 1. The molecule has 172 valence electrons. The molecule has 1 heterocycles.